The molecular formula is C19H18N8O. The largest absolute Gasteiger partial charge is 0.368 e. The Hall–Kier alpha value is -3.88. The minimum Gasteiger partial charge on any atom is -0.368 e. The maximum Gasteiger partial charge on any atom is 0.267 e. The average molecular weight is 374 g/mol. The maximum atomic E-state index is 12.2. The lowest BCUT2D eigenvalue weighted by Gasteiger charge is -2.15. The maximum absolute atomic E-state index is 12.2. The highest BCUT2D eigenvalue weighted by Gasteiger charge is 2.22. The first kappa shape index (κ1) is 17.5. The van der Waals surface area contributed by atoms with Crippen LogP contribution in [0, 0.1) is 0 Å². The number of H-pyrrole nitrogens is 1. The number of nitrogens with one attached hydrogen (secondary N) is 1. The highest BCUT2D eigenvalue weighted by atomic mass is 16.1. The van der Waals surface area contributed by atoms with Crippen LogP contribution in [0.15, 0.2) is 53.6 Å². The normalized spacial score (nSPS) is 11.1. The molecule has 4 aromatic rings. The summed E-state index contributed by atoms with van der Waals surface area (Å²) in [6.45, 7) is 3.79. The van der Waals surface area contributed by atoms with Crippen LogP contribution in [0.3, 0.4) is 0 Å². The molecule has 0 spiro atoms. The van der Waals surface area contributed by atoms with Crippen molar-refractivity contribution in [2.75, 3.05) is 5.73 Å². The molecule has 0 aliphatic heterocycles. The third-order valence-electron chi connectivity index (χ3n) is 4.17. The Morgan fingerprint density at radius 3 is 2.46 bits per heavy atom. The first-order chi connectivity index (χ1) is 13.5. The monoisotopic (exact) mass is 374 g/mol. The summed E-state index contributed by atoms with van der Waals surface area (Å²) >= 11 is 0. The van der Waals surface area contributed by atoms with Gasteiger partial charge in [0, 0.05) is 11.6 Å². The molecular weight excluding hydrogens is 356 g/mol. The van der Waals surface area contributed by atoms with E-state index in [1.165, 1.54) is 17.1 Å². The number of aromatic nitrogens is 7. The first-order valence-corrected chi connectivity index (χ1v) is 8.74. The van der Waals surface area contributed by atoms with Crippen molar-refractivity contribution in [1.29, 1.82) is 0 Å². The zero-order valence-electron chi connectivity index (χ0n) is 15.4. The molecule has 0 saturated heterocycles. The highest BCUT2D eigenvalue weighted by Crippen LogP contribution is 2.35. The molecule has 1 aromatic carbocycles. The Labute approximate surface area is 160 Å². The van der Waals surface area contributed by atoms with E-state index in [9.17, 15) is 4.79 Å². The zero-order valence-corrected chi connectivity index (χ0v) is 15.4. The van der Waals surface area contributed by atoms with Crippen LogP contribution < -0.4 is 11.3 Å². The fourth-order valence-electron chi connectivity index (χ4n) is 2.94. The van der Waals surface area contributed by atoms with E-state index in [0.29, 0.717) is 28.5 Å². The molecule has 28 heavy (non-hydrogen) atoms. The molecule has 3 aromatic heterocycles. The fourth-order valence-corrected chi connectivity index (χ4v) is 2.94. The zero-order chi connectivity index (χ0) is 19.7. The average Bonchev–Trinajstić information content (AvgIpc) is 3.23. The Balaban J connectivity index is 2.07. The molecule has 3 heterocycles. The number of anilines is 1. The van der Waals surface area contributed by atoms with E-state index in [2.05, 4.69) is 30.2 Å². The van der Waals surface area contributed by atoms with Crippen LogP contribution in [0.25, 0.3) is 34.0 Å². The van der Waals surface area contributed by atoms with Crippen LogP contribution in [0.5, 0.6) is 0 Å². The summed E-state index contributed by atoms with van der Waals surface area (Å²) in [4.78, 5) is 25.2. The lowest BCUT2D eigenvalue weighted by Crippen LogP contribution is -2.24. The van der Waals surface area contributed by atoms with E-state index in [4.69, 9.17) is 5.73 Å². The van der Waals surface area contributed by atoms with Gasteiger partial charge >= 0.3 is 0 Å². The SMILES string of the molecule is CC(C)n1nc(-c2c(-c3ccccc3)nc(N)nc2-c2nc[nH]n2)ccc1=O. The molecule has 140 valence electrons. The van der Waals surface area contributed by atoms with E-state index in [-0.39, 0.29) is 17.5 Å². The van der Waals surface area contributed by atoms with Crippen LogP contribution in [-0.2, 0) is 0 Å². The summed E-state index contributed by atoms with van der Waals surface area (Å²) in [7, 11) is 0. The summed E-state index contributed by atoms with van der Waals surface area (Å²) in [6.07, 6.45) is 1.46. The van der Waals surface area contributed by atoms with Crippen molar-refractivity contribution in [2.24, 2.45) is 0 Å². The van der Waals surface area contributed by atoms with Crippen molar-refractivity contribution in [3.63, 3.8) is 0 Å². The van der Waals surface area contributed by atoms with Crippen molar-refractivity contribution in [2.45, 2.75) is 19.9 Å². The number of benzene rings is 1. The van der Waals surface area contributed by atoms with Crippen molar-refractivity contribution in [1.82, 2.24) is 34.9 Å². The molecule has 4 rings (SSSR count). The van der Waals surface area contributed by atoms with Gasteiger partial charge in [-0.1, -0.05) is 30.3 Å². The van der Waals surface area contributed by atoms with Crippen molar-refractivity contribution in [3.8, 4) is 34.0 Å². The predicted octanol–water partition coefficient (Wildman–Crippen LogP) is 2.32. The third-order valence-corrected chi connectivity index (χ3v) is 4.17. The quantitative estimate of drug-likeness (QED) is 0.561. The number of nitrogens with two attached hydrogens (primary N) is 1. The Morgan fingerprint density at radius 1 is 1.04 bits per heavy atom. The van der Waals surface area contributed by atoms with E-state index in [1.54, 1.807) is 6.07 Å². The van der Waals surface area contributed by atoms with Crippen LogP contribution in [0.1, 0.15) is 19.9 Å². The summed E-state index contributed by atoms with van der Waals surface area (Å²) < 4.78 is 1.42. The molecule has 0 unspecified atom stereocenters. The number of aromatic amines is 1. The van der Waals surface area contributed by atoms with Crippen LogP contribution >= 0.6 is 0 Å². The predicted molar refractivity (Wildman–Crippen MR) is 105 cm³/mol. The Kier molecular flexibility index (Phi) is 4.40. The summed E-state index contributed by atoms with van der Waals surface area (Å²) in [5.41, 5.74) is 8.82. The third kappa shape index (κ3) is 3.13. The van der Waals surface area contributed by atoms with Crippen molar-refractivity contribution in [3.05, 3.63) is 59.1 Å². The Bertz CT molecular complexity index is 1170. The van der Waals surface area contributed by atoms with Crippen LogP contribution in [0.2, 0.25) is 0 Å². The van der Waals surface area contributed by atoms with E-state index in [0.717, 1.165) is 5.56 Å². The van der Waals surface area contributed by atoms with Crippen LogP contribution in [-0.4, -0.2) is 34.9 Å². The minimum absolute atomic E-state index is 0.0968. The summed E-state index contributed by atoms with van der Waals surface area (Å²) in [5, 5.41) is 11.4. The van der Waals surface area contributed by atoms with Gasteiger partial charge in [0.15, 0.2) is 5.82 Å². The number of rotatable bonds is 4. The number of hydrogen-bond acceptors (Lipinski definition) is 7. The number of hydrogen-bond donors (Lipinski definition) is 2. The number of nitrogen functional groups attached to an aromatic ring is 1. The number of nitrogens with zero attached hydrogens (tertiary/aromatic N) is 6. The van der Waals surface area contributed by atoms with E-state index < -0.39 is 0 Å². The molecule has 0 bridgehead atoms. The van der Waals surface area contributed by atoms with Gasteiger partial charge in [-0.25, -0.2) is 19.6 Å². The van der Waals surface area contributed by atoms with Crippen molar-refractivity contribution >= 4 is 5.95 Å². The second kappa shape index (κ2) is 7.03. The summed E-state index contributed by atoms with van der Waals surface area (Å²) in [5.74, 6) is 0.463. The lowest BCUT2D eigenvalue weighted by atomic mass is 10.0. The fraction of sp³-hybridized carbons (Fsp3) is 0.158. The smallest absolute Gasteiger partial charge is 0.267 e. The van der Waals surface area contributed by atoms with Gasteiger partial charge in [-0.3, -0.25) is 9.89 Å². The van der Waals surface area contributed by atoms with Crippen LogP contribution in [0.4, 0.5) is 5.95 Å². The summed E-state index contributed by atoms with van der Waals surface area (Å²) in [6, 6.07) is 12.6. The van der Waals surface area contributed by atoms with Gasteiger partial charge in [0.2, 0.25) is 5.95 Å². The minimum atomic E-state index is -0.184. The molecule has 9 heteroatoms. The topological polar surface area (TPSA) is 128 Å². The molecule has 9 nitrogen and oxygen atoms in total. The van der Waals surface area contributed by atoms with Gasteiger partial charge in [-0.15, -0.1) is 0 Å². The van der Waals surface area contributed by atoms with E-state index >= 15 is 0 Å². The molecule has 0 saturated carbocycles. The molecule has 3 N–H and O–H groups in total. The standard InChI is InChI=1S/C19H18N8O/c1-11(2)27-14(28)9-8-13(26-27)15-16(12-6-4-3-5-7-12)23-19(20)24-17(15)18-21-10-22-25-18/h3-11H,1-2H3,(H2,20,23,24)(H,21,22,25). The lowest BCUT2D eigenvalue weighted by molar-refractivity contribution is 0.505. The molecule has 0 aliphatic rings. The molecule has 0 atom stereocenters. The van der Waals surface area contributed by atoms with Crippen molar-refractivity contribution < 1.29 is 0 Å². The van der Waals surface area contributed by atoms with E-state index in [1.807, 2.05) is 44.2 Å². The first-order valence-electron chi connectivity index (χ1n) is 8.74. The Morgan fingerprint density at radius 2 is 1.79 bits per heavy atom. The molecule has 0 fully saturated rings. The van der Waals surface area contributed by atoms with Gasteiger partial charge < -0.3 is 5.73 Å². The molecule has 0 amide bonds. The second-order valence-corrected chi connectivity index (χ2v) is 6.44. The molecule has 0 aliphatic carbocycles. The van der Waals surface area contributed by atoms with Gasteiger partial charge in [0.25, 0.3) is 5.56 Å². The second-order valence-electron chi connectivity index (χ2n) is 6.44. The van der Waals surface area contributed by atoms with Gasteiger partial charge in [-0.2, -0.15) is 10.2 Å². The van der Waals surface area contributed by atoms with Gasteiger partial charge in [0.1, 0.15) is 12.0 Å². The molecule has 0 radical (unpaired) electrons. The van der Waals surface area contributed by atoms with Gasteiger partial charge in [0.05, 0.1) is 23.0 Å². The highest BCUT2D eigenvalue weighted by molar-refractivity contribution is 5.88. The van der Waals surface area contributed by atoms with Gasteiger partial charge in [-0.05, 0) is 19.9 Å².